The second-order valence-electron chi connectivity index (χ2n) is 6.95. The van der Waals surface area contributed by atoms with E-state index in [1.165, 1.54) is 0 Å². The first-order valence-electron chi connectivity index (χ1n) is 6.52. The number of para-hydroxylation sites is 1. The Morgan fingerprint density at radius 2 is 1.63 bits per heavy atom. The first kappa shape index (κ1) is 15.5. The van der Waals surface area contributed by atoms with Gasteiger partial charge in [-0.1, -0.05) is 59.7 Å². The molecule has 19 heavy (non-hydrogen) atoms. The number of benzene rings is 1. The fourth-order valence-electron chi connectivity index (χ4n) is 1.91. The number of hydrogen-bond acceptors (Lipinski definition) is 2. The van der Waals surface area contributed by atoms with Gasteiger partial charge in [-0.3, -0.25) is 0 Å². The Morgan fingerprint density at radius 1 is 1.11 bits per heavy atom. The minimum absolute atomic E-state index is 0.0858. The highest BCUT2D eigenvalue weighted by molar-refractivity contribution is 5.73. The number of carboxylic acids is 1. The number of carboxylic acid groups (broad SMARTS) is 1. The van der Waals surface area contributed by atoms with Gasteiger partial charge in [0.15, 0.2) is 6.10 Å². The zero-order chi connectivity index (χ0) is 14.8. The van der Waals surface area contributed by atoms with Crippen LogP contribution in [0.1, 0.15) is 47.1 Å². The van der Waals surface area contributed by atoms with Gasteiger partial charge < -0.3 is 9.84 Å². The summed E-state index contributed by atoms with van der Waals surface area (Å²) in [6.07, 6.45) is -0.865. The van der Waals surface area contributed by atoms with Gasteiger partial charge in [-0.15, -0.1) is 0 Å². The van der Waals surface area contributed by atoms with Crippen LogP contribution in [0.15, 0.2) is 24.3 Å². The smallest absolute Gasteiger partial charge is 0.345 e. The summed E-state index contributed by atoms with van der Waals surface area (Å²) >= 11 is 0. The number of hydrogen-bond donors (Lipinski definition) is 1. The molecule has 106 valence electrons. The first-order chi connectivity index (χ1) is 8.53. The quantitative estimate of drug-likeness (QED) is 0.901. The van der Waals surface area contributed by atoms with Crippen LogP contribution in [0.2, 0.25) is 0 Å². The molecule has 1 unspecified atom stereocenters. The SMILES string of the molecule is CC(C)(C)c1ccccc1OC(C(=O)O)C(C)(C)C. The highest BCUT2D eigenvalue weighted by Crippen LogP contribution is 2.34. The molecule has 1 N–H and O–H groups in total. The van der Waals surface area contributed by atoms with Crippen molar-refractivity contribution in [2.24, 2.45) is 5.41 Å². The van der Waals surface area contributed by atoms with Gasteiger partial charge in [0, 0.05) is 5.41 Å². The molecule has 0 aromatic heterocycles. The molecule has 3 nitrogen and oxygen atoms in total. The van der Waals surface area contributed by atoms with Crippen molar-refractivity contribution in [1.82, 2.24) is 0 Å². The van der Waals surface area contributed by atoms with Crippen LogP contribution in [0, 0.1) is 5.41 Å². The Balaban J connectivity index is 3.15. The fourth-order valence-corrected chi connectivity index (χ4v) is 1.91. The van der Waals surface area contributed by atoms with E-state index < -0.39 is 17.5 Å². The molecular weight excluding hydrogens is 240 g/mol. The zero-order valence-electron chi connectivity index (χ0n) is 12.7. The second kappa shape index (κ2) is 5.24. The van der Waals surface area contributed by atoms with Gasteiger partial charge >= 0.3 is 5.97 Å². The van der Waals surface area contributed by atoms with E-state index in [-0.39, 0.29) is 5.41 Å². The molecule has 1 atom stereocenters. The van der Waals surface area contributed by atoms with E-state index in [1.54, 1.807) is 0 Å². The van der Waals surface area contributed by atoms with Gasteiger partial charge in [0.2, 0.25) is 0 Å². The van der Waals surface area contributed by atoms with Crippen molar-refractivity contribution in [3.8, 4) is 5.75 Å². The third-order valence-corrected chi connectivity index (χ3v) is 2.95. The standard InChI is InChI=1S/C16H24O3/c1-15(2,3)11-9-7-8-10-12(11)19-13(14(17)18)16(4,5)6/h7-10,13H,1-6H3,(H,17,18). The molecule has 0 heterocycles. The summed E-state index contributed by atoms with van der Waals surface area (Å²) in [6, 6.07) is 7.63. The molecular formula is C16H24O3. The third-order valence-electron chi connectivity index (χ3n) is 2.95. The number of ether oxygens (including phenoxy) is 1. The normalized spacial score (nSPS) is 14.0. The van der Waals surface area contributed by atoms with Crippen molar-refractivity contribution in [2.75, 3.05) is 0 Å². The lowest BCUT2D eigenvalue weighted by Gasteiger charge is -2.30. The van der Waals surface area contributed by atoms with E-state index >= 15 is 0 Å². The van der Waals surface area contributed by atoms with Crippen molar-refractivity contribution >= 4 is 5.97 Å². The van der Waals surface area contributed by atoms with Crippen molar-refractivity contribution in [1.29, 1.82) is 0 Å². The van der Waals surface area contributed by atoms with Gasteiger partial charge in [0.05, 0.1) is 0 Å². The molecule has 0 aliphatic heterocycles. The molecule has 1 aromatic rings. The second-order valence-corrected chi connectivity index (χ2v) is 6.95. The topological polar surface area (TPSA) is 46.5 Å². The maximum Gasteiger partial charge on any atom is 0.345 e. The van der Waals surface area contributed by atoms with Gasteiger partial charge in [0.25, 0.3) is 0 Å². The summed E-state index contributed by atoms with van der Waals surface area (Å²) in [5.74, 6) is -0.284. The maximum absolute atomic E-state index is 11.4. The third kappa shape index (κ3) is 3.98. The highest BCUT2D eigenvalue weighted by Gasteiger charge is 2.34. The minimum atomic E-state index is -0.934. The molecule has 0 saturated carbocycles. The Bertz CT molecular complexity index is 450. The predicted molar refractivity (Wildman–Crippen MR) is 76.6 cm³/mol. The Labute approximate surface area is 115 Å². The average molecular weight is 264 g/mol. The molecule has 0 amide bonds. The lowest BCUT2D eigenvalue weighted by Crippen LogP contribution is -2.39. The van der Waals surface area contributed by atoms with E-state index in [0.29, 0.717) is 5.75 Å². The number of aliphatic carboxylic acids is 1. The molecule has 1 aromatic carbocycles. The van der Waals surface area contributed by atoms with Crippen molar-refractivity contribution in [3.05, 3.63) is 29.8 Å². The lowest BCUT2D eigenvalue weighted by molar-refractivity contribution is -0.150. The van der Waals surface area contributed by atoms with Crippen molar-refractivity contribution < 1.29 is 14.6 Å². The monoisotopic (exact) mass is 264 g/mol. The van der Waals surface area contributed by atoms with Crippen LogP contribution in [0.4, 0.5) is 0 Å². The molecule has 0 bridgehead atoms. The molecule has 1 rings (SSSR count). The van der Waals surface area contributed by atoms with Crippen LogP contribution < -0.4 is 4.74 Å². The van der Waals surface area contributed by atoms with Crippen LogP contribution >= 0.6 is 0 Å². The lowest BCUT2D eigenvalue weighted by atomic mass is 9.85. The molecule has 0 aliphatic rings. The Morgan fingerprint density at radius 3 is 2.05 bits per heavy atom. The minimum Gasteiger partial charge on any atom is -0.478 e. The molecule has 0 fully saturated rings. The summed E-state index contributed by atoms with van der Waals surface area (Å²) in [7, 11) is 0. The van der Waals surface area contributed by atoms with Gasteiger partial charge in [0.1, 0.15) is 5.75 Å². The summed E-state index contributed by atoms with van der Waals surface area (Å²) in [5, 5.41) is 9.34. The van der Waals surface area contributed by atoms with Gasteiger partial charge in [-0.2, -0.15) is 0 Å². The Kier molecular flexibility index (Phi) is 4.28. The summed E-state index contributed by atoms with van der Waals surface area (Å²) in [6.45, 7) is 11.9. The zero-order valence-corrected chi connectivity index (χ0v) is 12.7. The number of rotatable bonds is 3. The van der Waals surface area contributed by atoms with Gasteiger partial charge in [-0.05, 0) is 17.0 Å². The largest absolute Gasteiger partial charge is 0.478 e. The van der Waals surface area contributed by atoms with Crippen LogP contribution in [-0.2, 0) is 10.2 Å². The summed E-state index contributed by atoms with van der Waals surface area (Å²) in [4.78, 5) is 11.4. The summed E-state index contributed by atoms with van der Waals surface area (Å²) < 4.78 is 5.80. The van der Waals surface area contributed by atoms with E-state index in [0.717, 1.165) is 5.56 Å². The first-order valence-corrected chi connectivity index (χ1v) is 6.52. The van der Waals surface area contributed by atoms with E-state index in [9.17, 15) is 9.90 Å². The van der Waals surface area contributed by atoms with Crippen molar-refractivity contribution in [3.63, 3.8) is 0 Å². The number of carbonyl (C=O) groups is 1. The van der Waals surface area contributed by atoms with Crippen LogP contribution in [0.3, 0.4) is 0 Å². The molecule has 0 radical (unpaired) electrons. The van der Waals surface area contributed by atoms with E-state index in [2.05, 4.69) is 20.8 Å². The average Bonchev–Trinajstić information content (AvgIpc) is 2.23. The van der Waals surface area contributed by atoms with E-state index in [4.69, 9.17) is 4.74 Å². The molecule has 0 saturated heterocycles. The summed E-state index contributed by atoms with van der Waals surface area (Å²) in [5.41, 5.74) is 0.472. The predicted octanol–water partition coefficient (Wildman–Crippen LogP) is 3.86. The Hall–Kier alpha value is -1.51. The van der Waals surface area contributed by atoms with Crippen LogP contribution in [-0.4, -0.2) is 17.2 Å². The van der Waals surface area contributed by atoms with Crippen molar-refractivity contribution in [2.45, 2.75) is 53.1 Å². The fraction of sp³-hybridized carbons (Fsp3) is 0.562. The van der Waals surface area contributed by atoms with Gasteiger partial charge in [-0.25, -0.2) is 4.79 Å². The maximum atomic E-state index is 11.4. The molecule has 0 aliphatic carbocycles. The highest BCUT2D eigenvalue weighted by atomic mass is 16.5. The van der Waals surface area contributed by atoms with Crippen LogP contribution in [0.5, 0.6) is 5.75 Å². The van der Waals surface area contributed by atoms with E-state index in [1.807, 2.05) is 45.0 Å². The molecule has 0 spiro atoms. The molecule has 3 heteroatoms. The van der Waals surface area contributed by atoms with Crippen LogP contribution in [0.25, 0.3) is 0 Å².